The Morgan fingerprint density at radius 2 is 2.00 bits per heavy atom. The molecule has 0 spiro atoms. The monoisotopic (exact) mass is 454 g/mol. The molecule has 0 amide bonds. The number of hydrogen-bond acceptors (Lipinski definition) is 5. The lowest BCUT2D eigenvalue weighted by atomic mass is 9.86. The van der Waals surface area contributed by atoms with Gasteiger partial charge in [0.1, 0.15) is 11.7 Å². The van der Waals surface area contributed by atoms with Gasteiger partial charge in [-0.25, -0.2) is 4.39 Å². The predicted molar refractivity (Wildman–Crippen MR) is 118 cm³/mol. The highest BCUT2D eigenvalue weighted by Crippen LogP contribution is 2.34. The summed E-state index contributed by atoms with van der Waals surface area (Å²) in [5.74, 6) is -2.93. The van der Waals surface area contributed by atoms with E-state index in [1.54, 1.807) is 38.1 Å². The number of esters is 1. The van der Waals surface area contributed by atoms with Crippen LogP contribution in [0, 0.1) is 18.7 Å². The molecule has 3 aromatic rings. The van der Waals surface area contributed by atoms with Gasteiger partial charge in [-0.05, 0) is 62.1 Å². The Labute approximate surface area is 188 Å². The molecule has 6 nitrogen and oxygen atoms in total. The lowest BCUT2D eigenvalue weighted by Gasteiger charge is -2.18. The normalized spacial score (nSPS) is 16.2. The van der Waals surface area contributed by atoms with E-state index in [0.717, 1.165) is 4.68 Å². The summed E-state index contributed by atoms with van der Waals surface area (Å²) in [4.78, 5) is 37.9. The van der Waals surface area contributed by atoms with E-state index in [4.69, 9.17) is 16.3 Å². The zero-order chi connectivity index (χ0) is 23.0. The summed E-state index contributed by atoms with van der Waals surface area (Å²) in [5.41, 5.74) is 1.86. The molecule has 0 saturated carbocycles. The van der Waals surface area contributed by atoms with Crippen molar-refractivity contribution in [3.8, 4) is 0 Å². The van der Waals surface area contributed by atoms with Crippen molar-refractivity contribution in [2.45, 2.75) is 26.7 Å². The number of halogens is 2. The van der Waals surface area contributed by atoms with Crippen LogP contribution in [0.1, 0.15) is 41.4 Å². The first-order valence-electron chi connectivity index (χ1n) is 10.2. The molecule has 0 fully saturated rings. The maximum absolute atomic E-state index is 14.9. The molecule has 8 heteroatoms. The van der Waals surface area contributed by atoms with Gasteiger partial charge in [-0.1, -0.05) is 29.8 Å². The van der Waals surface area contributed by atoms with Crippen molar-refractivity contribution in [1.29, 1.82) is 0 Å². The first kappa shape index (κ1) is 21.9. The summed E-state index contributed by atoms with van der Waals surface area (Å²) >= 11 is 6.27. The lowest BCUT2D eigenvalue weighted by Crippen LogP contribution is -2.27. The molecule has 1 aromatic heterocycles. The van der Waals surface area contributed by atoms with Gasteiger partial charge in [0, 0.05) is 0 Å². The van der Waals surface area contributed by atoms with Crippen LogP contribution in [-0.4, -0.2) is 34.0 Å². The summed E-state index contributed by atoms with van der Waals surface area (Å²) < 4.78 is 20.9. The highest BCUT2D eigenvalue weighted by molar-refractivity contribution is 6.34. The molecule has 0 N–H and O–H groups in total. The van der Waals surface area contributed by atoms with Gasteiger partial charge < -0.3 is 4.74 Å². The minimum atomic E-state index is -0.885. The van der Waals surface area contributed by atoms with Crippen LogP contribution >= 0.6 is 11.6 Å². The number of rotatable bonds is 4. The number of fused-ring (bicyclic) bond motifs is 1. The van der Waals surface area contributed by atoms with Gasteiger partial charge >= 0.3 is 5.97 Å². The van der Waals surface area contributed by atoms with E-state index in [2.05, 4.69) is 5.10 Å². The maximum Gasteiger partial charge on any atom is 0.316 e. The lowest BCUT2D eigenvalue weighted by molar-refractivity contribution is -0.150. The number of allylic oxidation sites excluding steroid dienone is 2. The molecular weight excluding hydrogens is 435 g/mol. The van der Waals surface area contributed by atoms with Crippen molar-refractivity contribution in [3.05, 3.63) is 70.1 Å². The summed E-state index contributed by atoms with van der Waals surface area (Å²) in [7, 11) is 0. The van der Waals surface area contributed by atoms with E-state index >= 15 is 0 Å². The molecule has 32 heavy (non-hydrogen) atoms. The number of aromatic nitrogens is 2. The molecule has 1 aliphatic rings. The highest BCUT2D eigenvalue weighted by atomic mass is 35.5. The number of benzene rings is 2. The van der Waals surface area contributed by atoms with Crippen molar-refractivity contribution in [2.24, 2.45) is 5.92 Å². The average molecular weight is 455 g/mol. The third-order valence-corrected chi connectivity index (χ3v) is 5.84. The molecule has 1 aliphatic carbocycles. The number of carbonyl (C=O) groups is 3. The van der Waals surface area contributed by atoms with Crippen molar-refractivity contribution in [3.63, 3.8) is 0 Å². The van der Waals surface area contributed by atoms with Gasteiger partial charge in [0.2, 0.25) is 0 Å². The van der Waals surface area contributed by atoms with Crippen LogP contribution < -0.4 is 0 Å². The number of ether oxygens (including phenoxy) is 1. The Balaban J connectivity index is 1.83. The summed E-state index contributed by atoms with van der Waals surface area (Å²) in [6, 6.07) is 9.45. The quantitative estimate of drug-likeness (QED) is 0.420. The summed E-state index contributed by atoms with van der Waals surface area (Å²) in [6.45, 7) is 3.61. The molecule has 0 saturated heterocycles. The van der Waals surface area contributed by atoms with E-state index < -0.39 is 29.4 Å². The van der Waals surface area contributed by atoms with E-state index in [1.807, 2.05) is 0 Å². The summed E-state index contributed by atoms with van der Waals surface area (Å²) in [5, 5.41) is 4.81. The second-order valence-corrected chi connectivity index (χ2v) is 7.95. The van der Waals surface area contributed by atoms with Crippen LogP contribution in [0.3, 0.4) is 0 Å². The van der Waals surface area contributed by atoms with Crippen molar-refractivity contribution >= 4 is 45.7 Å². The average Bonchev–Trinajstić information content (AvgIpc) is 3.14. The Hall–Kier alpha value is -3.32. The highest BCUT2D eigenvalue weighted by Gasteiger charge is 2.32. The third kappa shape index (κ3) is 3.73. The van der Waals surface area contributed by atoms with Crippen LogP contribution in [0.2, 0.25) is 5.02 Å². The third-order valence-electron chi connectivity index (χ3n) is 5.52. The van der Waals surface area contributed by atoms with E-state index in [9.17, 15) is 18.8 Å². The fraction of sp³-hybridized carbons (Fsp3) is 0.250. The number of carbonyl (C=O) groups excluding carboxylic acids is 3. The zero-order valence-corrected chi connectivity index (χ0v) is 18.3. The number of ketones is 1. The predicted octanol–water partition coefficient (Wildman–Crippen LogP) is 4.75. The molecule has 1 atom stereocenters. The largest absolute Gasteiger partial charge is 0.465 e. The topological polar surface area (TPSA) is 78.3 Å². The minimum Gasteiger partial charge on any atom is -0.465 e. The summed E-state index contributed by atoms with van der Waals surface area (Å²) in [6.07, 6.45) is 1.84. The first-order valence-corrected chi connectivity index (χ1v) is 10.6. The van der Waals surface area contributed by atoms with Crippen molar-refractivity contribution in [2.75, 3.05) is 6.61 Å². The van der Waals surface area contributed by atoms with Crippen LogP contribution in [0.25, 0.3) is 16.5 Å². The fourth-order valence-electron chi connectivity index (χ4n) is 3.97. The molecule has 4 rings (SSSR count). The Morgan fingerprint density at radius 1 is 1.25 bits per heavy atom. The van der Waals surface area contributed by atoms with Crippen LogP contribution in [0.15, 0.2) is 42.5 Å². The van der Waals surface area contributed by atoms with E-state index in [1.165, 1.54) is 18.2 Å². The first-order chi connectivity index (χ1) is 15.3. The van der Waals surface area contributed by atoms with Gasteiger partial charge in [-0.15, -0.1) is 0 Å². The maximum atomic E-state index is 14.9. The Kier molecular flexibility index (Phi) is 5.93. The van der Waals surface area contributed by atoms with Crippen LogP contribution in [0.5, 0.6) is 0 Å². The molecule has 2 aromatic carbocycles. The Morgan fingerprint density at radius 3 is 2.69 bits per heavy atom. The molecule has 0 radical (unpaired) electrons. The fourth-order valence-corrected chi connectivity index (χ4v) is 4.27. The van der Waals surface area contributed by atoms with E-state index in [0.29, 0.717) is 17.6 Å². The van der Waals surface area contributed by atoms with Crippen LogP contribution in [-0.2, 0) is 14.3 Å². The van der Waals surface area contributed by atoms with Gasteiger partial charge in [-0.3, -0.25) is 14.4 Å². The number of nitrogens with zero attached hydrogens (tertiary/aromatic N) is 2. The zero-order valence-electron chi connectivity index (χ0n) is 17.5. The van der Waals surface area contributed by atoms with Crippen molar-refractivity contribution in [1.82, 2.24) is 9.78 Å². The molecule has 1 heterocycles. The smallest absolute Gasteiger partial charge is 0.316 e. The molecular formula is C24H20ClFN2O4. The van der Waals surface area contributed by atoms with Crippen LogP contribution in [0.4, 0.5) is 4.39 Å². The SMILES string of the molecule is CCOC(=O)C1CCC(c2nn(C(=O)c3c(C)cccc3Cl)c3cccc(F)c23)=CC1=O. The number of hydrogen-bond donors (Lipinski definition) is 0. The van der Waals surface area contributed by atoms with Gasteiger partial charge in [0.25, 0.3) is 5.91 Å². The second-order valence-electron chi connectivity index (χ2n) is 7.55. The van der Waals surface area contributed by atoms with Gasteiger partial charge in [0.15, 0.2) is 5.78 Å². The van der Waals surface area contributed by atoms with E-state index in [-0.39, 0.29) is 40.2 Å². The number of aryl methyl sites for hydroxylation is 1. The molecule has 164 valence electrons. The van der Waals surface area contributed by atoms with Gasteiger partial charge in [-0.2, -0.15) is 9.78 Å². The standard InChI is InChI=1S/C24H20ClFN2O4/c1-3-32-24(31)15-11-10-14(12-19(15)29)22-21-17(26)8-5-9-18(21)28(27-22)23(30)20-13(2)6-4-7-16(20)25/h4-9,12,15H,3,10-11H2,1-2H3. The minimum absolute atomic E-state index is 0.138. The second kappa shape index (κ2) is 8.67. The van der Waals surface area contributed by atoms with Crippen molar-refractivity contribution < 1.29 is 23.5 Å². The molecule has 0 aliphatic heterocycles. The van der Waals surface area contributed by atoms with Gasteiger partial charge in [0.05, 0.1) is 33.8 Å². The molecule has 1 unspecified atom stereocenters. The Bertz CT molecular complexity index is 1270. The molecule has 0 bridgehead atoms.